The summed E-state index contributed by atoms with van der Waals surface area (Å²) in [6, 6.07) is 12.5. The summed E-state index contributed by atoms with van der Waals surface area (Å²) < 4.78 is 5.42. The van der Waals surface area contributed by atoms with E-state index in [4.69, 9.17) is 16.3 Å². The molecule has 3 rings (SSSR count). The number of benzene rings is 2. The van der Waals surface area contributed by atoms with Crippen LogP contribution in [0.3, 0.4) is 0 Å². The predicted molar refractivity (Wildman–Crippen MR) is 107 cm³/mol. The van der Waals surface area contributed by atoms with Crippen LogP contribution in [0, 0.1) is 6.92 Å². The molecule has 3 amide bonds. The third kappa shape index (κ3) is 4.52. The minimum absolute atomic E-state index is 0.00212. The van der Waals surface area contributed by atoms with Crippen molar-refractivity contribution in [2.75, 3.05) is 36.5 Å². The molecule has 142 valence electrons. The second kappa shape index (κ2) is 8.31. The Morgan fingerprint density at radius 3 is 2.59 bits per heavy atom. The molecule has 1 aliphatic rings. The first-order chi connectivity index (χ1) is 13.0. The Balaban J connectivity index is 1.59. The summed E-state index contributed by atoms with van der Waals surface area (Å²) in [6.45, 7) is 5.44. The summed E-state index contributed by atoms with van der Waals surface area (Å²) in [5, 5.41) is 3.37. The number of halogens is 1. The highest BCUT2D eigenvalue weighted by Gasteiger charge is 2.30. The molecular weight excluding hydrogens is 366 g/mol. The van der Waals surface area contributed by atoms with Crippen molar-refractivity contribution in [2.45, 2.75) is 13.8 Å². The van der Waals surface area contributed by atoms with E-state index in [1.165, 1.54) is 4.90 Å². The van der Waals surface area contributed by atoms with Gasteiger partial charge in [-0.3, -0.25) is 9.69 Å². The number of rotatable bonds is 6. The molecule has 2 aromatic carbocycles. The first kappa shape index (κ1) is 19.0. The highest BCUT2D eigenvalue weighted by molar-refractivity contribution is 6.31. The predicted octanol–water partition coefficient (Wildman–Crippen LogP) is 3.93. The molecular formula is C20H22ClN3O3. The maximum Gasteiger partial charge on any atom is 0.325 e. The second-order valence-corrected chi connectivity index (χ2v) is 6.70. The van der Waals surface area contributed by atoms with E-state index in [2.05, 4.69) is 5.32 Å². The average Bonchev–Trinajstić information content (AvgIpc) is 3.00. The maximum absolute atomic E-state index is 12.6. The van der Waals surface area contributed by atoms with Crippen molar-refractivity contribution in [3.63, 3.8) is 0 Å². The van der Waals surface area contributed by atoms with Gasteiger partial charge in [0.05, 0.1) is 6.61 Å². The standard InChI is InChI=1S/C20H22ClN3O3/c1-3-27-17-8-6-16(7-9-17)24-11-10-23(20(24)26)13-19(25)22-15-5-4-14(2)18(21)12-15/h4-9,12H,3,10-11,13H2,1-2H3,(H,22,25). The first-order valence-corrected chi connectivity index (χ1v) is 9.21. The molecule has 1 heterocycles. The zero-order valence-electron chi connectivity index (χ0n) is 15.4. The molecule has 0 saturated carbocycles. The number of anilines is 2. The van der Waals surface area contributed by atoms with Crippen LogP contribution < -0.4 is 15.0 Å². The van der Waals surface area contributed by atoms with Gasteiger partial charge in [0.2, 0.25) is 5.91 Å². The van der Waals surface area contributed by atoms with Gasteiger partial charge in [0.25, 0.3) is 0 Å². The lowest BCUT2D eigenvalue weighted by Crippen LogP contribution is -2.37. The van der Waals surface area contributed by atoms with Gasteiger partial charge >= 0.3 is 6.03 Å². The number of aryl methyl sites for hydroxylation is 1. The topological polar surface area (TPSA) is 61.9 Å². The largest absolute Gasteiger partial charge is 0.494 e. The van der Waals surface area contributed by atoms with E-state index in [0.29, 0.717) is 30.4 Å². The number of carbonyl (C=O) groups excluding carboxylic acids is 2. The zero-order chi connectivity index (χ0) is 19.4. The summed E-state index contributed by atoms with van der Waals surface area (Å²) in [7, 11) is 0. The van der Waals surface area contributed by atoms with E-state index >= 15 is 0 Å². The molecule has 1 N–H and O–H groups in total. The van der Waals surface area contributed by atoms with Gasteiger partial charge in [0.15, 0.2) is 0 Å². The highest BCUT2D eigenvalue weighted by atomic mass is 35.5. The monoisotopic (exact) mass is 387 g/mol. The van der Waals surface area contributed by atoms with Crippen LogP contribution in [0.4, 0.5) is 16.2 Å². The van der Waals surface area contributed by atoms with E-state index in [1.807, 2.05) is 44.2 Å². The van der Waals surface area contributed by atoms with Crippen molar-refractivity contribution in [1.29, 1.82) is 0 Å². The maximum atomic E-state index is 12.6. The quantitative estimate of drug-likeness (QED) is 0.816. The first-order valence-electron chi connectivity index (χ1n) is 8.83. The van der Waals surface area contributed by atoms with Gasteiger partial charge in [-0.05, 0) is 55.8 Å². The Bertz CT molecular complexity index is 839. The summed E-state index contributed by atoms with van der Waals surface area (Å²) in [5.41, 5.74) is 2.35. The van der Waals surface area contributed by atoms with Crippen molar-refractivity contribution >= 4 is 34.9 Å². The van der Waals surface area contributed by atoms with Crippen molar-refractivity contribution in [3.8, 4) is 5.75 Å². The Morgan fingerprint density at radius 1 is 1.19 bits per heavy atom. The molecule has 0 atom stereocenters. The molecule has 0 aromatic heterocycles. The molecule has 0 unspecified atom stereocenters. The lowest BCUT2D eigenvalue weighted by Gasteiger charge is -2.19. The van der Waals surface area contributed by atoms with Crippen LogP contribution in [0.1, 0.15) is 12.5 Å². The van der Waals surface area contributed by atoms with Crippen molar-refractivity contribution in [1.82, 2.24) is 4.90 Å². The van der Waals surface area contributed by atoms with Crippen LogP contribution in [0.2, 0.25) is 5.02 Å². The molecule has 0 aliphatic carbocycles. The van der Waals surface area contributed by atoms with Crippen LogP contribution in [-0.2, 0) is 4.79 Å². The molecule has 1 saturated heterocycles. The third-order valence-corrected chi connectivity index (χ3v) is 4.75. The van der Waals surface area contributed by atoms with Gasteiger partial charge in [-0.1, -0.05) is 17.7 Å². The Hall–Kier alpha value is -2.73. The molecule has 1 aliphatic heterocycles. The fourth-order valence-electron chi connectivity index (χ4n) is 2.90. The number of urea groups is 1. The van der Waals surface area contributed by atoms with E-state index in [1.54, 1.807) is 17.0 Å². The van der Waals surface area contributed by atoms with Crippen LogP contribution in [-0.4, -0.2) is 43.1 Å². The molecule has 0 spiro atoms. The van der Waals surface area contributed by atoms with Gasteiger partial charge in [-0.25, -0.2) is 4.79 Å². The summed E-state index contributed by atoms with van der Waals surface area (Å²) in [5.74, 6) is 0.512. The van der Waals surface area contributed by atoms with Crippen LogP contribution in [0.15, 0.2) is 42.5 Å². The number of nitrogens with one attached hydrogen (secondary N) is 1. The van der Waals surface area contributed by atoms with Gasteiger partial charge in [-0.2, -0.15) is 0 Å². The zero-order valence-corrected chi connectivity index (χ0v) is 16.1. The van der Waals surface area contributed by atoms with Crippen molar-refractivity contribution in [2.24, 2.45) is 0 Å². The number of amides is 3. The van der Waals surface area contributed by atoms with Gasteiger partial charge < -0.3 is 15.0 Å². The summed E-state index contributed by atoms with van der Waals surface area (Å²) >= 11 is 6.08. The van der Waals surface area contributed by atoms with E-state index in [9.17, 15) is 9.59 Å². The summed E-state index contributed by atoms with van der Waals surface area (Å²) in [4.78, 5) is 28.1. The molecule has 0 radical (unpaired) electrons. The van der Waals surface area contributed by atoms with Crippen molar-refractivity contribution < 1.29 is 14.3 Å². The normalized spacial score (nSPS) is 13.8. The minimum atomic E-state index is -0.253. The van der Waals surface area contributed by atoms with Crippen molar-refractivity contribution in [3.05, 3.63) is 53.1 Å². The third-order valence-electron chi connectivity index (χ3n) is 4.34. The number of ether oxygens (including phenoxy) is 1. The molecule has 27 heavy (non-hydrogen) atoms. The smallest absolute Gasteiger partial charge is 0.325 e. The van der Waals surface area contributed by atoms with Crippen LogP contribution in [0.5, 0.6) is 5.75 Å². The number of hydrogen-bond acceptors (Lipinski definition) is 3. The SMILES string of the molecule is CCOc1ccc(N2CCN(CC(=O)Nc3ccc(C)c(Cl)c3)C2=O)cc1. The molecule has 6 nitrogen and oxygen atoms in total. The van der Waals surface area contributed by atoms with E-state index in [-0.39, 0.29) is 18.5 Å². The Kier molecular flexibility index (Phi) is 5.86. The fraction of sp³-hybridized carbons (Fsp3) is 0.300. The van der Waals surface area contributed by atoms with Gasteiger partial charge in [0.1, 0.15) is 12.3 Å². The lowest BCUT2D eigenvalue weighted by molar-refractivity contribution is -0.116. The molecule has 2 aromatic rings. The number of hydrogen-bond donors (Lipinski definition) is 1. The fourth-order valence-corrected chi connectivity index (χ4v) is 3.08. The summed E-state index contributed by atoms with van der Waals surface area (Å²) in [6.07, 6.45) is 0. The van der Waals surface area contributed by atoms with E-state index < -0.39 is 0 Å². The Morgan fingerprint density at radius 2 is 1.93 bits per heavy atom. The number of carbonyl (C=O) groups is 2. The Labute approximate surface area is 163 Å². The lowest BCUT2D eigenvalue weighted by atomic mass is 10.2. The number of nitrogens with zero attached hydrogens (tertiary/aromatic N) is 2. The molecule has 0 bridgehead atoms. The van der Waals surface area contributed by atoms with Crippen LogP contribution >= 0.6 is 11.6 Å². The minimum Gasteiger partial charge on any atom is -0.494 e. The highest BCUT2D eigenvalue weighted by Crippen LogP contribution is 2.24. The van der Waals surface area contributed by atoms with Crippen LogP contribution in [0.25, 0.3) is 0 Å². The van der Waals surface area contributed by atoms with Gasteiger partial charge in [-0.15, -0.1) is 0 Å². The molecule has 7 heteroatoms. The van der Waals surface area contributed by atoms with E-state index in [0.717, 1.165) is 17.0 Å². The average molecular weight is 388 g/mol. The molecule has 1 fully saturated rings. The second-order valence-electron chi connectivity index (χ2n) is 6.29. The van der Waals surface area contributed by atoms with Gasteiger partial charge in [0, 0.05) is 29.5 Å².